The normalized spacial score (nSPS) is 20.9. The minimum Gasteiger partial charge on any atom is -0.342 e. The van der Waals surface area contributed by atoms with Crippen LogP contribution in [0, 0.1) is 12.8 Å². The van der Waals surface area contributed by atoms with Gasteiger partial charge in [-0.3, -0.25) is 4.79 Å². The number of carbonyl (C=O) groups excluding carboxylic acids is 1. The van der Waals surface area contributed by atoms with Crippen molar-refractivity contribution in [2.45, 2.75) is 50.3 Å². The van der Waals surface area contributed by atoms with Gasteiger partial charge in [0, 0.05) is 37.8 Å². The van der Waals surface area contributed by atoms with E-state index >= 15 is 0 Å². The van der Waals surface area contributed by atoms with Crippen molar-refractivity contribution >= 4 is 32.6 Å². The van der Waals surface area contributed by atoms with Crippen LogP contribution in [0.5, 0.6) is 0 Å². The van der Waals surface area contributed by atoms with E-state index in [1.807, 2.05) is 11.8 Å². The summed E-state index contributed by atoms with van der Waals surface area (Å²) in [4.78, 5) is 26.9. The topological polar surface area (TPSA) is 83.5 Å². The Bertz CT molecular complexity index is 1050. The highest BCUT2D eigenvalue weighted by atomic mass is 32.2. The zero-order valence-corrected chi connectivity index (χ0v) is 18.6. The van der Waals surface area contributed by atoms with Gasteiger partial charge in [-0.2, -0.15) is 0 Å². The monoisotopic (exact) mass is 430 g/mol. The number of piperidine rings is 1. The Morgan fingerprint density at radius 1 is 1.03 bits per heavy atom. The average molecular weight is 431 g/mol. The van der Waals surface area contributed by atoms with Crippen molar-refractivity contribution in [3.05, 3.63) is 23.9 Å². The Morgan fingerprint density at radius 2 is 1.77 bits per heavy atom. The van der Waals surface area contributed by atoms with Crippen LogP contribution in [0.25, 0.3) is 10.9 Å². The van der Waals surface area contributed by atoms with Crippen LogP contribution in [0.2, 0.25) is 0 Å². The molecular formula is C22H30N4O3S. The molecule has 0 saturated carbocycles. The summed E-state index contributed by atoms with van der Waals surface area (Å²) in [5.41, 5.74) is 1.44. The predicted octanol–water partition coefficient (Wildman–Crippen LogP) is 2.96. The number of anilines is 1. The van der Waals surface area contributed by atoms with Crippen LogP contribution in [-0.4, -0.2) is 61.6 Å². The number of sulfone groups is 1. The molecule has 0 radical (unpaired) electrons. The molecule has 1 aromatic carbocycles. The standard InChI is InChI=1S/C22H30N4O3S/c1-16-19-10-9-18(30(2,28)29)14-20(19)24-22(23-16)26-13-7-8-17(15-26)21(27)25-11-5-3-4-6-12-25/h9-10,14,17H,3-8,11-13,15H2,1-2H3/t17-/m1/s1. The van der Waals surface area contributed by atoms with Gasteiger partial charge in [-0.25, -0.2) is 18.4 Å². The summed E-state index contributed by atoms with van der Waals surface area (Å²) in [7, 11) is -3.30. The van der Waals surface area contributed by atoms with Crippen molar-refractivity contribution in [1.29, 1.82) is 0 Å². The maximum atomic E-state index is 13.1. The summed E-state index contributed by atoms with van der Waals surface area (Å²) in [5, 5.41) is 0.848. The molecule has 4 rings (SSSR count). The van der Waals surface area contributed by atoms with Crippen LogP contribution in [0.4, 0.5) is 5.95 Å². The van der Waals surface area contributed by atoms with E-state index in [0.717, 1.165) is 56.4 Å². The number of fused-ring (bicyclic) bond motifs is 1. The number of carbonyl (C=O) groups is 1. The zero-order chi connectivity index (χ0) is 21.3. The van der Waals surface area contributed by atoms with Crippen LogP contribution in [0.1, 0.15) is 44.2 Å². The maximum absolute atomic E-state index is 13.1. The lowest BCUT2D eigenvalue weighted by molar-refractivity contribution is -0.135. The fourth-order valence-electron chi connectivity index (χ4n) is 4.53. The van der Waals surface area contributed by atoms with Gasteiger partial charge in [0.25, 0.3) is 0 Å². The first kappa shape index (κ1) is 21.0. The molecule has 8 heteroatoms. The first-order valence-corrected chi connectivity index (χ1v) is 12.7. The molecule has 1 amide bonds. The molecule has 7 nitrogen and oxygen atoms in total. The SMILES string of the molecule is Cc1nc(N2CCC[C@@H](C(=O)N3CCCCCC3)C2)nc2cc(S(C)(=O)=O)ccc12. The number of likely N-dealkylation sites (tertiary alicyclic amines) is 1. The summed E-state index contributed by atoms with van der Waals surface area (Å²) in [6.07, 6.45) is 7.63. The van der Waals surface area contributed by atoms with Gasteiger partial charge in [-0.15, -0.1) is 0 Å². The highest BCUT2D eigenvalue weighted by Gasteiger charge is 2.30. The number of hydrogen-bond acceptors (Lipinski definition) is 6. The second-order valence-electron chi connectivity index (χ2n) is 8.58. The Hall–Kier alpha value is -2.22. The van der Waals surface area contributed by atoms with Crippen LogP contribution in [0.3, 0.4) is 0 Å². The van der Waals surface area contributed by atoms with E-state index in [9.17, 15) is 13.2 Å². The van der Waals surface area contributed by atoms with E-state index in [1.165, 1.54) is 19.1 Å². The number of benzene rings is 1. The molecule has 0 aliphatic carbocycles. The summed E-state index contributed by atoms with van der Waals surface area (Å²) in [5.74, 6) is 0.816. The summed E-state index contributed by atoms with van der Waals surface area (Å²) < 4.78 is 23.9. The van der Waals surface area contributed by atoms with E-state index < -0.39 is 9.84 Å². The van der Waals surface area contributed by atoms with Gasteiger partial charge < -0.3 is 9.80 Å². The molecule has 2 saturated heterocycles. The Morgan fingerprint density at radius 3 is 2.47 bits per heavy atom. The second-order valence-corrected chi connectivity index (χ2v) is 10.6. The van der Waals surface area contributed by atoms with Crippen molar-refractivity contribution in [1.82, 2.24) is 14.9 Å². The molecule has 1 aromatic heterocycles. The molecule has 1 atom stereocenters. The Labute approximate surface area is 178 Å². The number of aromatic nitrogens is 2. The third-order valence-corrected chi connectivity index (χ3v) is 7.36. The van der Waals surface area contributed by atoms with Crippen molar-refractivity contribution in [3.8, 4) is 0 Å². The minimum atomic E-state index is -3.30. The van der Waals surface area contributed by atoms with Crippen LogP contribution in [-0.2, 0) is 14.6 Å². The van der Waals surface area contributed by atoms with Crippen LogP contribution < -0.4 is 4.90 Å². The maximum Gasteiger partial charge on any atom is 0.227 e. The molecule has 0 bridgehead atoms. The van der Waals surface area contributed by atoms with Crippen molar-refractivity contribution in [2.24, 2.45) is 5.92 Å². The number of hydrogen-bond donors (Lipinski definition) is 0. The van der Waals surface area contributed by atoms with Gasteiger partial charge in [-0.1, -0.05) is 12.8 Å². The summed E-state index contributed by atoms with van der Waals surface area (Å²) in [6.45, 7) is 5.08. The molecule has 2 aromatic rings. The zero-order valence-electron chi connectivity index (χ0n) is 17.8. The van der Waals surface area contributed by atoms with Gasteiger partial charge in [0.1, 0.15) is 0 Å². The van der Waals surface area contributed by atoms with Gasteiger partial charge in [0.2, 0.25) is 11.9 Å². The lowest BCUT2D eigenvalue weighted by Crippen LogP contribution is -2.45. The molecule has 0 N–H and O–H groups in total. The molecule has 2 aliphatic heterocycles. The van der Waals surface area contributed by atoms with E-state index in [4.69, 9.17) is 0 Å². The molecule has 0 spiro atoms. The minimum absolute atomic E-state index is 0.0289. The molecule has 3 heterocycles. The van der Waals surface area contributed by atoms with E-state index in [2.05, 4.69) is 14.9 Å². The largest absolute Gasteiger partial charge is 0.342 e. The van der Waals surface area contributed by atoms with E-state index in [1.54, 1.807) is 18.2 Å². The van der Waals surface area contributed by atoms with Crippen molar-refractivity contribution < 1.29 is 13.2 Å². The molecule has 30 heavy (non-hydrogen) atoms. The molecular weight excluding hydrogens is 400 g/mol. The second kappa shape index (κ2) is 8.49. The smallest absolute Gasteiger partial charge is 0.227 e. The molecule has 0 unspecified atom stereocenters. The van der Waals surface area contributed by atoms with Crippen molar-refractivity contribution in [3.63, 3.8) is 0 Å². The fourth-order valence-corrected chi connectivity index (χ4v) is 5.18. The van der Waals surface area contributed by atoms with Gasteiger partial charge in [-0.05, 0) is 50.8 Å². The number of rotatable bonds is 3. The number of aryl methyl sites for hydroxylation is 1. The quantitative estimate of drug-likeness (QED) is 0.744. The first-order chi connectivity index (χ1) is 14.3. The first-order valence-electron chi connectivity index (χ1n) is 10.8. The Kier molecular flexibility index (Phi) is 5.95. The number of amides is 1. The van der Waals surface area contributed by atoms with E-state index in [-0.39, 0.29) is 16.7 Å². The van der Waals surface area contributed by atoms with Gasteiger partial charge in [0.05, 0.1) is 22.0 Å². The van der Waals surface area contributed by atoms with Crippen LogP contribution >= 0.6 is 0 Å². The van der Waals surface area contributed by atoms with Crippen LogP contribution in [0.15, 0.2) is 23.1 Å². The van der Waals surface area contributed by atoms with Gasteiger partial charge in [0.15, 0.2) is 9.84 Å². The lowest BCUT2D eigenvalue weighted by atomic mass is 9.96. The predicted molar refractivity (Wildman–Crippen MR) is 117 cm³/mol. The highest BCUT2D eigenvalue weighted by molar-refractivity contribution is 7.90. The Balaban J connectivity index is 1.58. The number of nitrogens with zero attached hydrogens (tertiary/aromatic N) is 4. The summed E-state index contributed by atoms with van der Waals surface area (Å²) in [6, 6.07) is 4.99. The molecule has 2 fully saturated rings. The fraction of sp³-hybridized carbons (Fsp3) is 0.591. The van der Waals surface area contributed by atoms with Crippen molar-refractivity contribution in [2.75, 3.05) is 37.3 Å². The highest BCUT2D eigenvalue weighted by Crippen LogP contribution is 2.27. The molecule has 2 aliphatic rings. The molecule has 162 valence electrons. The van der Waals surface area contributed by atoms with E-state index in [0.29, 0.717) is 18.0 Å². The van der Waals surface area contributed by atoms with Gasteiger partial charge >= 0.3 is 0 Å². The summed E-state index contributed by atoms with van der Waals surface area (Å²) >= 11 is 0. The lowest BCUT2D eigenvalue weighted by Gasteiger charge is -2.35. The third kappa shape index (κ3) is 4.43. The average Bonchev–Trinajstić information content (AvgIpc) is 3.02. The third-order valence-electron chi connectivity index (χ3n) is 6.25.